The molecule has 0 unspecified atom stereocenters. The summed E-state index contributed by atoms with van der Waals surface area (Å²) in [6.07, 6.45) is 3.17. The first-order valence-electron chi connectivity index (χ1n) is 6.63. The van der Waals surface area contributed by atoms with Gasteiger partial charge in [-0.3, -0.25) is 0 Å². The van der Waals surface area contributed by atoms with Gasteiger partial charge in [0, 0.05) is 16.8 Å². The number of nitrogens with one attached hydrogen (secondary N) is 1. The standard InChI is InChI=1S/C15H18N4/c1-9-6-7-11(10(2)8-9)14-17-13-5-3-4-12(13)15(18-14)19-16/h6-8H,3-5,16H2,1-2H3,(H,17,18,19). The fourth-order valence-electron chi connectivity index (χ4n) is 2.74. The minimum absolute atomic E-state index is 0.770. The van der Waals surface area contributed by atoms with E-state index in [-0.39, 0.29) is 0 Å². The molecule has 0 aliphatic heterocycles. The van der Waals surface area contributed by atoms with Crippen LogP contribution < -0.4 is 11.3 Å². The molecule has 1 aliphatic carbocycles. The Morgan fingerprint density at radius 2 is 2.00 bits per heavy atom. The van der Waals surface area contributed by atoms with E-state index >= 15 is 0 Å². The molecule has 2 aromatic rings. The summed E-state index contributed by atoms with van der Waals surface area (Å²) in [6, 6.07) is 6.33. The highest BCUT2D eigenvalue weighted by molar-refractivity contribution is 5.64. The molecule has 0 bridgehead atoms. The minimum Gasteiger partial charge on any atom is -0.308 e. The maximum absolute atomic E-state index is 5.59. The summed E-state index contributed by atoms with van der Waals surface area (Å²) in [5.74, 6) is 7.14. The number of hydrogen-bond acceptors (Lipinski definition) is 4. The Kier molecular flexibility index (Phi) is 2.95. The Hall–Kier alpha value is -1.94. The molecule has 1 aromatic carbocycles. The van der Waals surface area contributed by atoms with E-state index in [1.165, 1.54) is 16.7 Å². The summed E-state index contributed by atoms with van der Waals surface area (Å²) in [6.45, 7) is 4.18. The van der Waals surface area contributed by atoms with Gasteiger partial charge >= 0.3 is 0 Å². The molecule has 0 spiro atoms. The Bertz CT molecular complexity index is 634. The molecule has 19 heavy (non-hydrogen) atoms. The molecule has 0 radical (unpaired) electrons. The maximum Gasteiger partial charge on any atom is 0.162 e. The lowest BCUT2D eigenvalue weighted by Gasteiger charge is -2.11. The third kappa shape index (κ3) is 2.08. The molecule has 0 fully saturated rings. The SMILES string of the molecule is Cc1ccc(-c2nc3c(c(NN)n2)CCC3)c(C)c1. The quantitative estimate of drug-likeness (QED) is 0.638. The number of hydrazine groups is 1. The average Bonchev–Trinajstić information content (AvgIpc) is 2.85. The Morgan fingerprint density at radius 3 is 2.74 bits per heavy atom. The van der Waals surface area contributed by atoms with Crippen LogP contribution in [0.4, 0.5) is 5.82 Å². The van der Waals surface area contributed by atoms with Gasteiger partial charge in [-0.05, 0) is 38.7 Å². The topological polar surface area (TPSA) is 63.8 Å². The third-order valence-electron chi connectivity index (χ3n) is 3.69. The van der Waals surface area contributed by atoms with Crippen LogP contribution in [0, 0.1) is 13.8 Å². The maximum atomic E-state index is 5.59. The van der Waals surface area contributed by atoms with Gasteiger partial charge in [0.15, 0.2) is 5.82 Å². The summed E-state index contributed by atoms with van der Waals surface area (Å²) < 4.78 is 0. The molecule has 1 heterocycles. The van der Waals surface area contributed by atoms with Gasteiger partial charge in [-0.25, -0.2) is 15.8 Å². The zero-order valence-corrected chi connectivity index (χ0v) is 11.3. The van der Waals surface area contributed by atoms with Crippen LogP contribution in [0.1, 0.15) is 28.8 Å². The summed E-state index contributed by atoms with van der Waals surface area (Å²) in [5.41, 5.74) is 8.56. The van der Waals surface area contributed by atoms with Crippen LogP contribution in [0.2, 0.25) is 0 Å². The zero-order chi connectivity index (χ0) is 13.4. The minimum atomic E-state index is 0.770. The average molecular weight is 254 g/mol. The fourth-order valence-corrected chi connectivity index (χ4v) is 2.74. The number of nitrogens with zero attached hydrogens (tertiary/aromatic N) is 2. The van der Waals surface area contributed by atoms with E-state index in [2.05, 4.69) is 42.5 Å². The molecular formula is C15H18N4. The molecule has 3 N–H and O–H groups in total. The van der Waals surface area contributed by atoms with Crippen molar-refractivity contribution < 1.29 is 0 Å². The van der Waals surface area contributed by atoms with Crippen molar-refractivity contribution in [2.75, 3.05) is 5.43 Å². The second-order valence-corrected chi connectivity index (χ2v) is 5.14. The number of hydrogen-bond donors (Lipinski definition) is 2. The van der Waals surface area contributed by atoms with Crippen molar-refractivity contribution in [1.29, 1.82) is 0 Å². The smallest absolute Gasteiger partial charge is 0.162 e. The van der Waals surface area contributed by atoms with Gasteiger partial charge in [0.25, 0.3) is 0 Å². The summed E-state index contributed by atoms with van der Waals surface area (Å²) >= 11 is 0. The second-order valence-electron chi connectivity index (χ2n) is 5.14. The number of aromatic nitrogens is 2. The van der Waals surface area contributed by atoms with Crippen molar-refractivity contribution in [3.63, 3.8) is 0 Å². The van der Waals surface area contributed by atoms with Crippen molar-refractivity contribution >= 4 is 5.82 Å². The number of nitrogen functional groups attached to an aromatic ring is 1. The first-order chi connectivity index (χ1) is 9.19. The number of rotatable bonds is 2. The summed E-state index contributed by atoms with van der Waals surface area (Å²) in [7, 11) is 0. The molecule has 0 saturated heterocycles. The molecular weight excluding hydrogens is 236 g/mol. The third-order valence-corrected chi connectivity index (χ3v) is 3.69. The summed E-state index contributed by atoms with van der Waals surface area (Å²) in [5, 5.41) is 0. The van der Waals surface area contributed by atoms with Crippen LogP contribution in [0.5, 0.6) is 0 Å². The number of aryl methyl sites for hydroxylation is 3. The molecule has 98 valence electrons. The van der Waals surface area contributed by atoms with Crippen molar-refractivity contribution in [3.05, 3.63) is 40.6 Å². The normalized spacial score (nSPS) is 13.4. The van der Waals surface area contributed by atoms with Crippen LogP contribution in [0.3, 0.4) is 0 Å². The Labute approximate surface area is 113 Å². The van der Waals surface area contributed by atoms with Crippen LogP contribution >= 0.6 is 0 Å². The van der Waals surface area contributed by atoms with E-state index in [9.17, 15) is 0 Å². The van der Waals surface area contributed by atoms with E-state index in [0.29, 0.717) is 0 Å². The van der Waals surface area contributed by atoms with E-state index in [4.69, 9.17) is 10.8 Å². The first kappa shape index (κ1) is 12.1. The van der Waals surface area contributed by atoms with E-state index in [0.717, 1.165) is 42.2 Å². The zero-order valence-electron chi connectivity index (χ0n) is 11.3. The molecule has 4 nitrogen and oxygen atoms in total. The van der Waals surface area contributed by atoms with Crippen LogP contribution in [0.25, 0.3) is 11.4 Å². The van der Waals surface area contributed by atoms with Crippen molar-refractivity contribution in [2.45, 2.75) is 33.1 Å². The van der Waals surface area contributed by atoms with Gasteiger partial charge < -0.3 is 5.43 Å². The summed E-state index contributed by atoms with van der Waals surface area (Å²) in [4.78, 5) is 9.29. The first-order valence-corrected chi connectivity index (χ1v) is 6.63. The van der Waals surface area contributed by atoms with Gasteiger partial charge in [-0.15, -0.1) is 0 Å². The van der Waals surface area contributed by atoms with E-state index < -0.39 is 0 Å². The Balaban J connectivity index is 2.15. The lowest BCUT2D eigenvalue weighted by atomic mass is 10.0. The largest absolute Gasteiger partial charge is 0.308 e. The van der Waals surface area contributed by atoms with Crippen LogP contribution in [-0.2, 0) is 12.8 Å². The fraction of sp³-hybridized carbons (Fsp3) is 0.333. The molecule has 4 heteroatoms. The van der Waals surface area contributed by atoms with Crippen LogP contribution in [0.15, 0.2) is 18.2 Å². The van der Waals surface area contributed by atoms with E-state index in [1.807, 2.05) is 0 Å². The molecule has 0 amide bonds. The van der Waals surface area contributed by atoms with Crippen molar-refractivity contribution in [1.82, 2.24) is 9.97 Å². The highest BCUT2D eigenvalue weighted by atomic mass is 15.3. The van der Waals surface area contributed by atoms with Crippen molar-refractivity contribution in [3.8, 4) is 11.4 Å². The molecule has 1 aliphatic rings. The van der Waals surface area contributed by atoms with Crippen LogP contribution in [-0.4, -0.2) is 9.97 Å². The predicted molar refractivity (Wildman–Crippen MR) is 76.8 cm³/mol. The van der Waals surface area contributed by atoms with Gasteiger partial charge in [-0.2, -0.15) is 0 Å². The Morgan fingerprint density at radius 1 is 1.16 bits per heavy atom. The van der Waals surface area contributed by atoms with Gasteiger partial charge in [0.05, 0.1) is 0 Å². The van der Waals surface area contributed by atoms with Gasteiger partial charge in [0.2, 0.25) is 0 Å². The van der Waals surface area contributed by atoms with Gasteiger partial charge in [-0.1, -0.05) is 23.8 Å². The number of benzene rings is 1. The monoisotopic (exact) mass is 254 g/mol. The predicted octanol–water partition coefficient (Wildman–Crippen LogP) is 2.53. The highest BCUT2D eigenvalue weighted by Gasteiger charge is 2.19. The molecule has 1 aromatic heterocycles. The van der Waals surface area contributed by atoms with Gasteiger partial charge in [0.1, 0.15) is 5.82 Å². The number of anilines is 1. The highest BCUT2D eigenvalue weighted by Crippen LogP contribution is 2.29. The number of nitrogens with two attached hydrogens (primary N) is 1. The molecule has 0 atom stereocenters. The number of fused-ring (bicyclic) bond motifs is 1. The lowest BCUT2D eigenvalue weighted by Crippen LogP contribution is -2.13. The molecule has 0 saturated carbocycles. The van der Waals surface area contributed by atoms with Crippen molar-refractivity contribution in [2.24, 2.45) is 5.84 Å². The molecule has 3 rings (SSSR count). The lowest BCUT2D eigenvalue weighted by molar-refractivity contribution is 0.900. The van der Waals surface area contributed by atoms with E-state index in [1.54, 1.807) is 0 Å². The second kappa shape index (κ2) is 4.63.